The van der Waals surface area contributed by atoms with Crippen LogP contribution in [-0.2, 0) is 9.59 Å². The SMILES string of the molecule is CC(C)N1C(=O)C2CNCC2C1=O. The molecule has 1 N–H and O–H groups in total. The Morgan fingerprint density at radius 1 is 1.23 bits per heavy atom. The first-order valence-corrected chi connectivity index (χ1v) is 4.70. The molecule has 0 saturated carbocycles. The molecule has 0 radical (unpaired) electrons. The maximum absolute atomic E-state index is 11.7. The van der Waals surface area contributed by atoms with Crippen LogP contribution in [0.1, 0.15) is 13.8 Å². The van der Waals surface area contributed by atoms with Gasteiger partial charge in [0.25, 0.3) is 0 Å². The molecule has 0 bridgehead atoms. The van der Waals surface area contributed by atoms with Crippen molar-refractivity contribution >= 4 is 11.8 Å². The van der Waals surface area contributed by atoms with E-state index in [0.29, 0.717) is 13.1 Å². The van der Waals surface area contributed by atoms with E-state index >= 15 is 0 Å². The standard InChI is InChI=1S/C9H14N2O2/c1-5(2)11-8(12)6-3-10-4-7(6)9(11)13/h5-7,10H,3-4H2,1-2H3. The van der Waals surface area contributed by atoms with Gasteiger partial charge in [-0.25, -0.2) is 0 Å². The minimum absolute atomic E-state index is 0.00519. The van der Waals surface area contributed by atoms with Crippen LogP contribution < -0.4 is 5.32 Å². The van der Waals surface area contributed by atoms with Crippen molar-refractivity contribution in [3.8, 4) is 0 Å². The monoisotopic (exact) mass is 182 g/mol. The topological polar surface area (TPSA) is 49.4 Å². The van der Waals surface area contributed by atoms with Crippen molar-refractivity contribution in [1.82, 2.24) is 10.2 Å². The molecule has 2 rings (SSSR count). The Morgan fingerprint density at radius 2 is 1.69 bits per heavy atom. The van der Waals surface area contributed by atoms with Crippen molar-refractivity contribution in [2.75, 3.05) is 13.1 Å². The van der Waals surface area contributed by atoms with Crippen LogP contribution in [0.2, 0.25) is 0 Å². The Morgan fingerprint density at radius 3 is 2.08 bits per heavy atom. The smallest absolute Gasteiger partial charge is 0.234 e. The summed E-state index contributed by atoms with van der Waals surface area (Å²) < 4.78 is 0. The van der Waals surface area contributed by atoms with E-state index in [1.807, 2.05) is 13.8 Å². The highest BCUT2D eigenvalue weighted by molar-refractivity contribution is 6.06. The number of nitrogens with one attached hydrogen (secondary N) is 1. The number of carbonyl (C=O) groups is 2. The molecule has 4 heteroatoms. The summed E-state index contributed by atoms with van der Waals surface area (Å²) in [5.41, 5.74) is 0. The zero-order valence-corrected chi connectivity index (χ0v) is 7.91. The molecular formula is C9H14N2O2. The van der Waals surface area contributed by atoms with Crippen molar-refractivity contribution in [3.63, 3.8) is 0 Å². The summed E-state index contributed by atoms with van der Waals surface area (Å²) >= 11 is 0. The molecule has 2 unspecified atom stereocenters. The molecular weight excluding hydrogens is 168 g/mol. The summed E-state index contributed by atoms with van der Waals surface area (Å²) in [5.74, 6) is -0.158. The minimum Gasteiger partial charge on any atom is -0.315 e. The van der Waals surface area contributed by atoms with Gasteiger partial charge in [-0.05, 0) is 13.8 Å². The van der Waals surface area contributed by atoms with Crippen LogP contribution in [-0.4, -0.2) is 35.8 Å². The molecule has 0 aromatic carbocycles. The van der Waals surface area contributed by atoms with Gasteiger partial charge in [-0.3, -0.25) is 14.5 Å². The maximum atomic E-state index is 11.7. The zero-order chi connectivity index (χ0) is 9.59. The highest BCUT2D eigenvalue weighted by atomic mass is 16.2. The lowest BCUT2D eigenvalue weighted by molar-refractivity contribution is -0.142. The quantitative estimate of drug-likeness (QED) is 0.561. The fourth-order valence-corrected chi connectivity index (χ4v) is 2.17. The van der Waals surface area contributed by atoms with E-state index < -0.39 is 0 Å². The lowest BCUT2D eigenvalue weighted by Gasteiger charge is -2.19. The molecule has 2 atom stereocenters. The van der Waals surface area contributed by atoms with Crippen LogP contribution in [0.3, 0.4) is 0 Å². The van der Waals surface area contributed by atoms with Gasteiger partial charge < -0.3 is 5.32 Å². The molecule has 72 valence electrons. The fraction of sp³-hybridized carbons (Fsp3) is 0.778. The molecule has 13 heavy (non-hydrogen) atoms. The summed E-state index contributed by atoms with van der Waals surface area (Å²) in [6.45, 7) is 5.09. The molecule has 2 aliphatic rings. The first-order chi connectivity index (χ1) is 6.13. The molecule has 0 aliphatic carbocycles. The number of carbonyl (C=O) groups excluding carboxylic acids is 2. The minimum atomic E-state index is -0.0881. The van der Waals surface area contributed by atoms with Gasteiger partial charge >= 0.3 is 0 Å². The van der Waals surface area contributed by atoms with Crippen LogP contribution in [0.4, 0.5) is 0 Å². The van der Waals surface area contributed by atoms with E-state index in [1.165, 1.54) is 4.90 Å². The highest BCUT2D eigenvalue weighted by Crippen LogP contribution is 2.30. The third kappa shape index (κ3) is 1.09. The largest absolute Gasteiger partial charge is 0.315 e. The molecule has 2 saturated heterocycles. The zero-order valence-electron chi connectivity index (χ0n) is 7.91. The first kappa shape index (κ1) is 8.69. The van der Waals surface area contributed by atoms with E-state index in [0.717, 1.165) is 0 Å². The van der Waals surface area contributed by atoms with Crippen LogP contribution in [0.5, 0.6) is 0 Å². The van der Waals surface area contributed by atoms with Gasteiger partial charge in [0, 0.05) is 19.1 Å². The molecule has 0 spiro atoms. The molecule has 2 heterocycles. The highest BCUT2D eigenvalue weighted by Gasteiger charge is 2.50. The number of nitrogens with zero attached hydrogens (tertiary/aromatic N) is 1. The molecule has 2 aliphatic heterocycles. The van der Waals surface area contributed by atoms with Gasteiger partial charge in [-0.15, -0.1) is 0 Å². The van der Waals surface area contributed by atoms with Gasteiger partial charge in [0.2, 0.25) is 11.8 Å². The summed E-state index contributed by atoms with van der Waals surface area (Å²) in [4.78, 5) is 24.8. The number of amides is 2. The van der Waals surface area contributed by atoms with E-state index in [2.05, 4.69) is 5.32 Å². The Hall–Kier alpha value is -0.900. The average Bonchev–Trinajstić information content (AvgIpc) is 2.56. The summed E-state index contributed by atoms with van der Waals surface area (Å²) in [6, 6.07) is 0.00519. The van der Waals surface area contributed by atoms with Crippen LogP contribution in [0, 0.1) is 11.8 Å². The predicted octanol–water partition coefficient (Wildman–Crippen LogP) is -0.401. The van der Waals surface area contributed by atoms with Gasteiger partial charge in [-0.2, -0.15) is 0 Å². The van der Waals surface area contributed by atoms with Crippen molar-refractivity contribution in [2.45, 2.75) is 19.9 Å². The van der Waals surface area contributed by atoms with Crippen LogP contribution >= 0.6 is 0 Å². The predicted molar refractivity (Wildman–Crippen MR) is 46.8 cm³/mol. The Kier molecular flexibility index (Phi) is 1.87. The van der Waals surface area contributed by atoms with E-state index in [1.54, 1.807) is 0 Å². The van der Waals surface area contributed by atoms with Crippen LogP contribution in [0.25, 0.3) is 0 Å². The Balaban J connectivity index is 2.26. The summed E-state index contributed by atoms with van der Waals surface area (Å²) in [6.07, 6.45) is 0. The Bertz CT molecular complexity index is 240. The van der Waals surface area contributed by atoms with Gasteiger partial charge in [-0.1, -0.05) is 0 Å². The average molecular weight is 182 g/mol. The molecule has 0 aromatic rings. The third-order valence-corrected chi connectivity index (χ3v) is 2.84. The van der Waals surface area contributed by atoms with Gasteiger partial charge in [0.15, 0.2) is 0 Å². The van der Waals surface area contributed by atoms with E-state index in [4.69, 9.17) is 0 Å². The summed E-state index contributed by atoms with van der Waals surface area (Å²) in [5, 5.41) is 3.08. The van der Waals surface area contributed by atoms with Crippen molar-refractivity contribution in [1.29, 1.82) is 0 Å². The van der Waals surface area contributed by atoms with Crippen molar-refractivity contribution in [3.05, 3.63) is 0 Å². The van der Waals surface area contributed by atoms with Crippen molar-refractivity contribution < 1.29 is 9.59 Å². The molecule has 2 fully saturated rings. The summed E-state index contributed by atoms with van der Waals surface area (Å²) in [7, 11) is 0. The Labute approximate surface area is 77.3 Å². The van der Waals surface area contributed by atoms with Gasteiger partial charge in [0.1, 0.15) is 0 Å². The van der Waals surface area contributed by atoms with E-state index in [-0.39, 0.29) is 29.7 Å². The second kappa shape index (κ2) is 2.80. The fourth-order valence-electron chi connectivity index (χ4n) is 2.17. The number of hydrogen-bond donors (Lipinski definition) is 1. The maximum Gasteiger partial charge on any atom is 0.234 e. The lowest BCUT2D eigenvalue weighted by atomic mass is 10.00. The number of hydrogen-bond acceptors (Lipinski definition) is 3. The first-order valence-electron chi connectivity index (χ1n) is 4.70. The third-order valence-electron chi connectivity index (χ3n) is 2.84. The number of rotatable bonds is 1. The molecule has 2 amide bonds. The lowest BCUT2D eigenvalue weighted by Crippen LogP contribution is -2.39. The number of imide groups is 1. The van der Waals surface area contributed by atoms with E-state index in [9.17, 15) is 9.59 Å². The van der Waals surface area contributed by atoms with Gasteiger partial charge in [0.05, 0.1) is 11.8 Å². The number of likely N-dealkylation sites (tertiary alicyclic amines) is 1. The van der Waals surface area contributed by atoms with Crippen LogP contribution in [0.15, 0.2) is 0 Å². The normalized spacial score (nSPS) is 33.3. The molecule has 4 nitrogen and oxygen atoms in total. The number of fused-ring (bicyclic) bond motifs is 1. The second-order valence-corrected chi connectivity index (χ2v) is 4.01. The van der Waals surface area contributed by atoms with Crippen molar-refractivity contribution in [2.24, 2.45) is 11.8 Å². The molecule has 0 aromatic heterocycles. The second-order valence-electron chi connectivity index (χ2n) is 4.01.